The van der Waals surface area contributed by atoms with Crippen LogP contribution in [0.25, 0.3) is 10.9 Å². The van der Waals surface area contributed by atoms with Crippen LogP contribution >= 0.6 is 11.6 Å². The SMILES string of the molecule is Cn1c(C2(c3ccc(C4CCCN(C5CCC(CN6CCC7(CC6)COc6c7ccc7c6CNC7=O)CC5)C4)cc3)CCCCC2)nc(=O)c2c(Cl)cccc21. The number of nitrogens with one attached hydrogen (secondary N) is 1. The van der Waals surface area contributed by atoms with Gasteiger partial charge < -0.3 is 19.5 Å². The lowest BCUT2D eigenvalue weighted by molar-refractivity contribution is 0.0795. The molecule has 56 heavy (non-hydrogen) atoms. The Morgan fingerprint density at radius 2 is 1.66 bits per heavy atom. The van der Waals surface area contributed by atoms with Crippen LogP contribution in [-0.4, -0.2) is 70.6 Å². The van der Waals surface area contributed by atoms with Gasteiger partial charge in [-0.15, -0.1) is 0 Å². The molecule has 1 N–H and O–H groups in total. The second kappa shape index (κ2) is 14.6. The molecule has 10 rings (SSSR count). The number of hydrogen-bond acceptors (Lipinski definition) is 6. The molecule has 0 bridgehead atoms. The van der Waals surface area contributed by atoms with Gasteiger partial charge in [0, 0.05) is 54.8 Å². The number of fused-ring (bicyclic) bond motifs is 5. The lowest BCUT2D eigenvalue weighted by Gasteiger charge is -2.43. The Morgan fingerprint density at radius 1 is 0.875 bits per heavy atom. The van der Waals surface area contributed by atoms with Crippen LogP contribution in [-0.2, 0) is 24.4 Å². The van der Waals surface area contributed by atoms with E-state index in [1.54, 1.807) is 6.07 Å². The first-order chi connectivity index (χ1) is 27.3. The van der Waals surface area contributed by atoms with E-state index in [4.69, 9.17) is 21.3 Å². The van der Waals surface area contributed by atoms with Gasteiger partial charge in [0.05, 0.1) is 27.9 Å². The predicted octanol–water partition coefficient (Wildman–Crippen LogP) is 8.24. The van der Waals surface area contributed by atoms with Crippen LogP contribution in [0.15, 0.2) is 59.4 Å². The van der Waals surface area contributed by atoms with E-state index in [0.717, 1.165) is 98.9 Å². The summed E-state index contributed by atoms with van der Waals surface area (Å²) in [5.41, 5.74) is 6.43. The van der Waals surface area contributed by atoms with E-state index in [-0.39, 0.29) is 22.3 Å². The molecule has 4 aliphatic heterocycles. The van der Waals surface area contributed by atoms with E-state index in [1.165, 1.54) is 74.7 Å². The number of likely N-dealkylation sites (tertiary alicyclic amines) is 2. The molecular weight excluding hydrogens is 718 g/mol. The van der Waals surface area contributed by atoms with Crippen molar-refractivity contribution >= 4 is 28.4 Å². The van der Waals surface area contributed by atoms with Crippen molar-refractivity contribution in [2.24, 2.45) is 13.0 Å². The topological polar surface area (TPSA) is 79.7 Å². The van der Waals surface area contributed by atoms with Crippen LogP contribution in [0.2, 0.25) is 5.02 Å². The van der Waals surface area contributed by atoms with Crippen molar-refractivity contribution in [3.63, 3.8) is 0 Å². The fourth-order valence-corrected chi connectivity index (χ4v) is 12.3. The number of aryl methyl sites for hydroxylation is 1. The summed E-state index contributed by atoms with van der Waals surface area (Å²) in [6.45, 7) is 7.24. The summed E-state index contributed by atoms with van der Waals surface area (Å²) in [6.07, 6.45) is 15.6. The Labute approximate surface area is 336 Å². The zero-order valence-corrected chi connectivity index (χ0v) is 33.7. The molecule has 4 aromatic rings. The van der Waals surface area contributed by atoms with Crippen molar-refractivity contribution in [1.82, 2.24) is 24.7 Å². The molecule has 6 aliphatic rings. The number of ether oxygens (including phenoxy) is 1. The number of hydrogen-bond donors (Lipinski definition) is 1. The molecule has 2 saturated heterocycles. The standard InChI is InChI=1S/C47H56ClN5O3/c1-51-40-9-5-8-39(48)41(40)44(55)50-45(51)47(20-3-2-4-21-47)34-14-12-32(13-15-34)33-7-6-24-53(29-33)35-16-10-31(11-17-35)28-52-25-22-46(23-26-52)30-56-42-37-27-49-43(54)36(37)18-19-38(42)46/h5,8-9,12-15,18-19,31,33,35H,2-4,6-7,10-11,16-17,20-30H2,1H3,(H,49,54). The van der Waals surface area contributed by atoms with Crippen molar-refractivity contribution in [2.45, 2.75) is 113 Å². The third kappa shape index (κ3) is 6.21. The maximum absolute atomic E-state index is 13.4. The van der Waals surface area contributed by atoms with Crippen LogP contribution in [0.4, 0.5) is 0 Å². The van der Waals surface area contributed by atoms with Crippen molar-refractivity contribution in [1.29, 1.82) is 0 Å². The highest BCUT2D eigenvalue weighted by Gasteiger charge is 2.46. The number of carbonyl (C=O) groups is 1. The number of rotatable bonds is 6. The molecule has 1 amide bonds. The van der Waals surface area contributed by atoms with Gasteiger partial charge in [0.2, 0.25) is 0 Å². The summed E-state index contributed by atoms with van der Waals surface area (Å²) in [6, 6.07) is 20.2. The Morgan fingerprint density at radius 3 is 2.45 bits per heavy atom. The van der Waals surface area contributed by atoms with E-state index in [9.17, 15) is 9.59 Å². The minimum absolute atomic E-state index is 0.0319. The molecule has 2 saturated carbocycles. The summed E-state index contributed by atoms with van der Waals surface area (Å²) in [4.78, 5) is 36.0. The predicted molar refractivity (Wildman–Crippen MR) is 222 cm³/mol. The molecule has 1 atom stereocenters. The average Bonchev–Trinajstić information content (AvgIpc) is 3.80. The second-order valence-electron chi connectivity index (χ2n) is 18.2. The molecule has 3 aromatic carbocycles. The van der Waals surface area contributed by atoms with Gasteiger partial charge in [-0.3, -0.25) is 14.5 Å². The normalized spacial score (nSPS) is 26.2. The second-order valence-corrected chi connectivity index (χ2v) is 18.6. The van der Waals surface area contributed by atoms with Gasteiger partial charge in [0.15, 0.2) is 0 Å². The molecule has 9 heteroatoms. The molecule has 5 heterocycles. The summed E-state index contributed by atoms with van der Waals surface area (Å²) in [5, 5.41) is 3.96. The van der Waals surface area contributed by atoms with Gasteiger partial charge in [0.1, 0.15) is 11.6 Å². The zero-order valence-electron chi connectivity index (χ0n) is 33.0. The number of amides is 1. The fourth-order valence-electron chi connectivity index (χ4n) is 12.0. The quantitative estimate of drug-likeness (QED) is 0.213. The summed E-state index contributed by atoms with van der Waals surface area (Å²) < 4.78 is 8.45. The van der Waals surface area contributed by atoms with Crippen molar-refractivity contribution in [3.05, 3.63) is 104 Å². The molecule has 1 unspecified atom stereocenters. The smallest absolute Gasteiger partial charge is 0.282 e. The largest absolute Gasteiger partial charge is 0.492 e. The highest BCUT2D eigenvalue weighted by molar-refractivity contribution is 6.35. The lowest BCUT2D eigenvalue weighted by Crippen LogP contribution is -2.47. The highest BCUT2D eigenvalue weighted by atomic mass is 35.5. The number of aromatic nitrogens is 2. The first-order valence-corrected chi connectivity index (χ1v) is 22.0. The molecular formula is C47H56ClN5O3. The van der Waals surface area contributed by atoms with E-state index in [0.29, 0.717) is 28.9 Å². The Balaban J connectivity index is 0.763. The van der Waals surface area contributed by atoms with E-state index >= 15 is 0 Å². The highest BCUT2D eigenvalue weighted by Crippen LogP contribution is 2.49. The molecule has 8 nitrogen and oxygen atoms in total. The van der Waals surface area contributed by atoms with Crippen LogP contribution in [0.5, 0.6) is 5.75 Å². The Kier molecular flexibility index (Phi) is 9.53. The third-order valence-electron chi connectivity index (χ3n) is 15.3. The lowest BCUT2D eigenvalue weighted by atomic mass is 9.68. The molecule has 1 spiro atoms. The summed E-state index contributed by atoms with van der Waals surface area (Å²) >= 11 is 6.49. The van der Waals surface area contributed by atoms with Gasteiger partial charge >= 0.3 is 0 Å². The molecule has 0 radical (unpaired) electrons. The molecule has 1 aromatic heterocycles. The average molecular weight is 774 g/mol. The fraction of sp³-hybridized carbons (Fsp3) is 0.553. The third-order valence-corrected chi connectivity index (χ3v) is 15.6. The van der Waals surface area contributed by atoms with E-state index < -0.39 is 0 Å². The van der Waals surface area contributed by atoms with Crippen LogP contribution < -0.4 is 15.6 Å². The monoisotopic (exact) mass is 773 g/mol. The van der Waals surface area contributed by atoms with Gasteiger partial charge in [-0.2, -0.15) is 4.98 Å². The van der Waals surface area contributed by atoms with Crippen molar-refractivity contribution < 1.29 is 9.53 Å². The summed E-state index contributed by atoms with van der Waals surface area (Å²) in [7, 11) is 2.05. The van der Waals surface area contributed by atoms with E-state index in [2.05, 4.69) is 57.1 Å². The van der Waals surface area contributed by atoms with Crippen LogP contribution in [0.3, 0.4) is 0 Å². The summed E-state index contributed by atoms with van der Waals surface area (Å²) in [5.74, 6) is 3.26. The van der Waals surface area contributed by atoms with Gasteiger partial charge in [-0.1, -0.05) is 67.3 Å². The van der Waals surface area contributed by atoms with Gasteiger partial charge in [0.25, 0.3) is 11.5 Å². The zero-order chi connectivity index (χ0) is 38.0. The number of halogens is 1. The number of piperidine rings is 2. The van der Waals surface area contributed by atoms with Crippen molar-refractivity contribution in [3.8, 4) is 5.75 Å². The van der Waals surface area contributed by atoms with Crippen LogP contribution in [0.1, 0.15) is 128 Å². The number of carbonyl (C=O) groups excluding carboxylic acids is 1. The van der Waals surface area contributed by atoms with E-state index in [1.807, 2.05) is 18.2 Å². The first-order valence-electron chi connectivity index (χ1n) is 21.6. The Hall–Kier alpha value is -3.72. The molecule has 294 valence electrons. The first kappa shape index (κ1) is 36.6. The maximum atomic E-state index is 13.4. The molecule has 4 fully saturated rings. The number of benzene rings is 3. The Bertz CT molecular complexity index is 2190. The van der Waals surface area contributed by atoms with Gasteiger partial charge in [-0.25, -0.2) is 0 Å². The van der Waals surface area contributed by atoms with Crippen molar-refractivity contribution in [2.75, 3.05) is 39.3 Å². The van der Waals surface area contributed by atoms with Gasteiger partial charge in [-0.05, 0) is 125 Å². The minimum atomic E-state index is -0.273. The number of nitrogens with zero attached hydrogens (tertiary/aromatic N) is 4. The van der Waals surface area contributed by atoms with Crippen LogP contribution in [0, 0.1) is 5.92 Å². The molecule has 2 aliphatic carbocycles. The minimum Gasteiger partial charge on any atom is -0.492 e. The maximum Gasteiger partial charge on any atom is 0.282 e.